The van der Waals surface area contributed by atoms with E-state index in [0.717, 1.165) is 56.5 Å². The third kappa shape index (κ3) is 4.01. The molecule has 0 unspecified atom stereocenters. The molecule has 3 aromatic carbocycles. The van der Waals surface area contributed by atoms with E-state index in [1.165, 1.54) is 0 Å². The first-order valence-electron chi connectivity index (χ1n) is 13.3. The molecule has 1 aliphatic carbocycles. The molecule has 6 nitrogen and oxygen atoms in total. The summed E-state index contributed by atoms with van der Waals surface area (Å²) in [5.41, 5.74) is 8.38. The highest BCUT2D eigenvalue weighted by Gasteiger charge is 2.39. The topological polar surface area (TPSA) is 67.7 Å². The molecule has 0 atom stereocenters. The maximum absolute atomic E-state index is 5.08. The third-order valence-corrected chi connectivity index (χ3v) is 7.40. The highest BCUT2D eigenvalue weighted by atomic mass is 15.3. The Morgan fingerprint density at radius 3 is 1.80 bits per heavy atom. The molecule has 0 saturated heterocycles. The van der Waals surface area contributed by atoms with Crippen LogP contribution < -0.4 is 4.90 Å². The van der Waals surface area contributed by atoms with E-state index in [1.807, 2.05) is 96.3 Å². The van der Waals surface area contributed by atoms with Crippen molar-refractivity contribution in [3.8, 4) is 33.9 Å². The minimum Gasteiger partial charge on any atom is -0.279 e. The number of benzene rings is 3. The number of aromatic nitrogens is 5. The molecule has 3 heterocycles. The Kier molecular flexibility index (Phi) is 5.67. The molecule has 6 heteroatoms. The average molecular weight is 519 g/mol. The first kappa shape index (κ1) is 23.9. The number of anilines is 3. The van der Waals surface area contributed by atoms with E-state index in [0.29, 0.717) is 5.95 Å². The van der Waals surface area contributed by atoms with Gasteiger partial charge in [0.05, 0.1) is 17.1 Å². The largest absolute Gasteiger partial charge is 0.279 e. The van der Waals surface area contributed by atoms with Crippen LogP contribution in [0.15, 0.2) is 122 Å². The maximum atomic E-state index is 5.08. The van der Waals surface area contributed by atoms with E-state index in [1.54, 1.807) is 0 Å². The van der Waals surface area contributed by atoms with E-state index in [-0.39, 0.29) is 5.41 Å². The van der Waals surface area contributed by atoms with Crippen molar-refractivity contribution in [3.63, 3.8) is 0 Å². The maximum Gasteiger partial charge on any atom is 0.234 e. The zero-order valence-corrected chi connectivity index (χ0v) is 22.2. The van der Waals surface area contributed by atoms with Gasteiger partial charge in [-0.25, -0.2) is 24.9 Å². The van der Waals surface area contributed by atoms with Gasteiger partial charge in [0.2, 0.25) is 5.95 Å². The Balaban J connectivity index is 1.26. The Morgan fingerprint density at radius 1 is 0.575 bits per heavy atom. The molecule has 6 aromatic rings. The first-order valence-corrected chi connectivity index (χ1v) is 13.3. The molecule has 0 bridgehead atoms. The van der Waals surface area contributed by atoms with Crippen molar-refractivity contribution in [3.05, 3.63) is 133 Å². The molecule has 7 rings (SSSR count). The molecule has 0 spiro atoms. The number of pyridine rings is 1. The van der Waals surface area contributed by atoms with E-state index in [9.17, 15) is 0 Å². The Bertz CT molecular complexity index is 1760. The van der Waals surface area contributed by atoms with E-state index >= 15 is 0 Å². The second-order valence-corrected chi connectivity index (χ2v) is 10.3. The summed E-state index contributed by atoms with van der Waals surface area (Å²) in [6.45, 7) is 4.39. The van der Waals surface area contributed by atoms with Crippen LogP contribution in [0.5, 0.6) is 0 Å². The summed E-state index contributed by atoms with van der Waals surface area (Å²) < 4.78 is 0. The molecule has 0 radical (unpaired) electrons. The molecule has 192 valence electrons. The van der Waals surface area contributed by atoms with Crippen LogP contribution in [-0.4, -0.2) is 24.9 Å². The number of hydrogen-bond acceptors (Lipinski definition) is 6. The lowest BCUT2D eigenvalue weighted by atomic mass is 9.86. The summed E-state index contributed by atoms with van der Waals surface area (Å²) in [5, 5.41) is 0. The van der Waals surface area contributed by atoms with Gasteiger partial charge in [0, 0.05) is 52.1 Å². The van der Waals surface area contributed by atoms with Gasteiger partial charge in [-0.3, -0.25) is 4.90 Å². The standard InChI is InChI=1S/C34H26N6/c1-34(2)28-18-19-29(38-30(28)27-22-35-32(39-31(27)34)23-12-6-3-7-13-23)24-20-36-33(37-21-24)40(25-14-8-4-9-15-25)26-16-10-5-11-17-26/h3-22H,1-2H3. The van der Waals surface area contributed by atoms with E-state index < -0.39 is 0 Å². The lowest BCUT2D eigenvalue weighted by molar-refractivity contribution is 0.635. The van der Waals surface area contributed by atoms with Crippen LogP contribution in [0.2, 0.25) is 0 Å². The van der Waals surface area contributed by atoms with Crippen LogP contribution in [-0.2, 0) is 5.41 Å². The molecule has 0 amide bonds. The van der Waals surface area contributed by atoms with Crippen LogP contribution in [0, 0.1) is 0 Å². The molecule has 0 fully saturated rings. The molecular formula is C34H26N6. The van der Waals surface area contributed by atoms with Crippen LogP contribution in [0.3, 0.4) is 0 Å². The van der Waals surface area contributed by atoms with Gasteiger partial charge in [-0.1, -0.05) is 86.6 Å². The number of nitrogens with zero attached hydrogens (tertiary/aromatic N) is 6. The highest BCUT2D eigenvalue weighted by Crippen LogP contribution is 2.47. The normalized spacial score (nSPS) is 12.9. The number of hydrogen-bond donors (Lipinski definition) is 0. The van der Waals surface area contributed by atoms with E-state index in [2.05, 4.69) is 44.2 Å². The summed E-state index contributed by atoms with van der Waals surface area (Å²) >= 11 is 0. The molecule has 0 N–H and O–H groups in total. The molecule has 0 saturated carbocycles. The van der Waals surface area contributed by atoms with Crippen molar-refractivity contribution < 1.29 is 0 Å². The number of para-hydroxylation sites is 2. The monoisotopic (exact) mass is 518 g/mol. The summed E-state index contributed by atoms with van der Waals surface area (Å²) in [7, 11) is 0. The van der Waals surface area contributed by atoms with Crippen molar-refractivity contribution in [2.24, 2.45) is 0 Å². The minimum absolute atomic E-state index is 0.283. The van der Waals surface area contributed by atoms with Crippen molar-refractivity contribution in [1.29, 1.82) is 0 Å². The zero-order chi connectivity index (χ0) is 27.1. The molecule has 3 aromatic heterocycles. The van der Waals surface area contributed by atoms with Gasteiger partial charge in [0.25, 0.3) is 0 Å². The summed E-state index contributed by atoms with van der Waals surface area (Å²) in [6, 6.07) is 34.5. The van der Waals surface area contributed by atoms with Gasteiger partial charge in [-0.15, -0.1) is 0 Å². The Morgan fingerprint density at radius 2 is 1.18 bits per heavy atom. The van der Waals surface area contributed by atoms with Crippen LogP contribution in [0.4, 0.5) is 17.3 Å². The number of rotatable bonds is 5. The van der Waals surface area contributed by atoms with Gasteiger partial charge in [-0.05, 0) is 35.9 Å². The summed E-state index contributed by atoms with van der Waals surface area (Å²) in [5.74, 6) is 1.32. The zero-order valence-electron chi connectivity index (χ0n) is 22.2. The van der Waals surface area contributed by atoms with Gasteiger partial charge < -0.3 is 0 Å². The second-order valence-electron chi connectivity index (χ2n) is 10.3. The lowest BCUT2D eigenvalue weighted by Crippen LogP contribution is -2.17. The molecule has 1 aliphatic rings. The quantitative estimate of drug-likeness (QED) is 0.232. The van der Waals surface area contributed by atoms with Gasteiger partial charge >= 0.3 is 0 Å². The second kappa shape index (κ2) is 9.50. The van der Waals surface area contributed by atoms with Crippen molar-refractivity contribution in [1.82, 2.24) is 24.9 Å². The predicted molar refractivity (Wildman–Crippen MR) is 159 cm³/mol. The fourth-order valence-corrected chi connectivity index (χ4v) is 5.32. The molecule has 0 aliphatic heterocycles. The van der Waals surface area contributed by atoms with Crippen LogP contribution in [0.1, 0.15) is 25.1 Å². The van der Waals surface area contributed by atoms with E-state index in [4.69, 9.17) is 24.9 Å². The van der Waals surface area contributed by atoms with Crippen LogP contribution in [0.25, 0.3) is 33.9 Å². The summed E-state index contributed by atoms with van der Waals surface area (Å²) in [6.07, 6.45) is 5.59. The van der Waals surface area contributed by atoms with Gasteiger partial charge in [0.15, 0.2) is 5.82 Å². The fourth-order valence-electron chi connectivity index (χ4n) is 5.32. The smallest absolute Gasteiger partial charge is 0.234 e. The Labute approximate surface area is 233 Å². The van der Waals surface area contributed by atoms with Crippen LogP contribution >= 0.6 is 0 Å². The van der Waals surface area contributed by atoms with Gasteiger partial charge in [-0.2, -0.15) is 0 Å². The third-order valence-electron chi connectivity index (χ3n) is 7.40. The molecular weight excluding hydrogens is 492 g/mol. The Hall–Kier alpha value is -5.23. The minimum atomic E-state index is -0.283. The highest BCUT2D eigenvalue weighted by molar-refractivity contribution is 5.79. The first-order chi connectivity index (χ1) is 19.6. The van der Waals surface area contributed by atoms with Gasteiger partial charge in [0.1, 0.15) is 0 Å². The predicted octanol–water partition coefficient (Wildman–Crippen LogP) is 7.77. The summed E-state index contributed by atoms with van der Waals surface area (Å²) in [4.78, 5) is 26.4. The fraction of sp³-hybridized carbons (Fsp3) is 0.0882. The van der Waals surface area contributed by atoms with Crippen molar-refractivity contribution in [2.45, 2.75) is 19.3 Å². The van der Waals surface area contributed by atoms with Crippen molar-refractivity contribution in [2.75, 3.05) is 4.90 Å². The number of fused-ring (bicyclic) bond motifs is 3. The SMILES string of the molecule is CC1(C)c2ccc(-c3cnc(N(c4ccccc4)c4ccccc4)nc3)nc2-c2cnc(-c3ccccc3)nc21. The average Bonchev–Trinajstić information content (AvgIpc) is 3.24. The lowest BCUT2D eigenvalue weighted by Gasteiger charge is -2.23. The molecule has 40 heavy (non-hydrogen) atoms. The van der Waals surface area contributed by atoms with Crippen molar-refractivity contribution >= 4 is 17.3 Å².